The van der Waals surface area contributed by atoms with Gasteiger partial charge in [0, 0.05) is 11.3 Å². The Morgan fingerprint density at radius 2 is 1.83 bits per heavy atom. The lowest BCUT2D eigenvalue weighted by molar-refractivity contribution is -0.128. The fourth-order valence-corrected chi connectivity index (χ4v) is 3.03. The number of hydrogen-bond acceptors (Lipinski definition) is 5. The van der Waals surface area contributed by atoms with Crippen LogP contribution in [0.1, 0.15) is 11.7 Å². The molecule has 29 heavy (non-hydrogen) atoms. The molecule has 3 aromatic rings. The second-order valence-corrected chi connectivity index (χ2v) is 6.45. The van der Waals surface area contributed by atoms with Crippen molar-refractivity contribution in [3.63, 3.8) is 0 Å². The minimum atomic E-state index is -0.909. The highest BCUT2D eigenvalue weighted by atomic mass is 19.1. The number of nitrogens with two attached hydrogens (primary N) is 1. The fraction of sp³-hybridized carbons (Fsp3) is 0.0952. The third-order valence-corrected chi connectivity index (χ3v) is 4.38. The van der Waals surface area contributed by atoms with Gasteiger partial charge in [-0.1, -0.05) is 30.3 Å². The molecule has 3 N–H and O–H groups in total. The number of halogens is 1. The Bertz CT molecular complexity index is 1060. The van der Waals surface area contributed by atoms with Gasteiger partial charge in [-0.3, -0.25) is 14.5 Å². The van der Waals surface area contributed by atoms with Crippen LogP contribution in [0.15, 0.2) is 66.7 Å². The number of amides is 2. The molecule has 1 aliphatic rings. The lowest BCUT2D eigenvalue weighted by atomic mass is 10.1. The standard InChI is InChI=1S/C21H17FN4O3/c22-14-6-8-15(9-7-14)24-18(27)12-26-20-16(10-11-17(23)25-20)29-19(21(26)28)13-4-2-1-3-5-13/h1-11,19H,12H2,(H2,23,25)(H,24,27). The van der Waals surface area contributed by atoms with Crippen LogP contribution in [0.25, 0.3) is 0 Å². The maximum absolute atomic E-state index is 13.1. The van der Waals surface area contributed by atoms with Gasteiger partial charge < -0.3 is 15.8 Å². The largest absolute Gasteiger partial charge is 0.472 e. The summed E-state index contributed by atoms with van der Waals surface area (Å²) in [6, 6.07) is 17.5. The fourth-order valence-electron chi connectivity index (χ4n) is 3.03. The van der Waals surface area contributed by atoms with Gasteiger partial charge in [-0.05, 0) is 36.4 Å². The van der Waals surface area contributed by atoms with Crippen molar-refractivity contribution in [2.75, 3.05) is 22.5 Å². The number of carbonyl (C=O) groups is 2. The molecule has 1 unspecified atom stereocenters. The maximum atomic E-state index is 13.1. The molecular weight excluding hydrogens is 375 g/mol. The number of aromatic nitrogens is 1. The lowest BCUT2D eigenvalue weighted by Crippen LogP contribution is -2.45. The van der Waals surface area contributed by atoms with Crippen LogP contribution in [0.3, 0.4) is 0 Å². The first-order valence-corrected chi connectivity index (χ1v) is 8.86. The van der Waals surface area contributed by atoms with Crippen LogP contribution < -0.4 is 20.7 Å². The predicted molar refractivity (Wildman–Crippen MR) is 106 cm³/mol. The quantitative estimate of drug-likeness (QED) is 0.712. The van der Waals surface area contributed by atoms with Crippen molar-refractivity contribution in [1.29, 1.82) is 0 Å². The number of rotatable bonds is 4. The van der Waals surface area contributed by atoms with Crippen LogP contribution >= 0.6 is 0 Å². The number of benzene rings is 2. The monoisotopic (exact) mass is 392 g/mol. The van der Waals surface area contributed by atoms with Crippen LogP contribution in [-0.2, 0) is 9.59 Å². The van der Waals surface area contributed by atoms with Crippen molar-refractivity contribution in [1.82, 2.24) is 4.98 Å². The van der Waals surface area contributed by atoms with E-state index in [9.17, 15) is 14.0 Å². The molecule has 1 aromatic heterocycles. The van der Waals surface area contributed by atoms with Gasteiger partial charge >= 0.3 is 0 Å². The van der Waals surface area contributed by atoms with E-state index in [-0.39, 0.29) is 18.2 Å². The predicted octanol–water partition coefficient (Wildman–Crippen LogP) is 2.91. The molecular formula is C21H17FN4O3. The molecule has 2 amide bonds. The summed E-state index contributed by atoms with van der Waals surface area (Å²) in [5.74, 6) is -0.587. The van der Waals surface area contributed by atoms with E-state index in [1.807, 2.05) is 6.07 Å². The zero-order valence-corrected chi connectivity index (χ0v) is 15.2. The number of pyridine rings is 1. The summed E-state index contributed by atoms with van der Waals surface area (Å²) >= 11 is 0. The van der Waals surface area contributed by atoms with Crippen LogP contribution in [0.5, 0.6) is 5.75 Å². The average molecular weight is 392 g/mol. The van der Waals surface area contributed by atoms with Gasteiger partial charge in [0.15, 0.2) is 11.6 Å². The lowest BCUT2D eigenvalue weighted by Gasteiger charge is -2.33. The zero-order valence-electron chi connectivity index (χ0n) is 15.2. The summed E-state index contributed by atoms with van der Waals surface area (Å²) in [6.07, 6.45) is -0.909. The topological polar surface area (TPSA) is 97.5 Å². The molecule has 0 spiro atoms. The van der Waals surface area contributed by atoms with Crippen molar-refractivity contribution >= 4 is 29.1 Å². The number of nitrogens with zero attached hydrogens (tertiary/aromatic N) is 2. The number of ether oxygens (including phenoxy) is 1. The van der Waals surface area contributed by atoms with Crippen molar-refractivity contribution in [2.45, 2.75) is 6.10 Å². The first kappa shape index (κ1) is 18.4. The molecule has 8 heteroatoms. The van der Waals surface area contributed by atoms with Crippen molar-refractivity contribution in [3.8, 4) is 5.75 Å². The smallest absolute Gasteiger partial charge is 0.274 e. The number of hydrogen-bond donors (Lipinski definition) is 2. The molecule has 0 aliphatic carbocycles. The number of carbonyl (C=O) groups excluding carboxylic acids is 2. The minimum Gasteiger partial charge on any atom is -0.472 e. The van der Waals surface area contributed by atoms with E-state index in [4.69, 9.17) is 10.5 Å². The molecule has 0 saturated carbocycles. The molecule has 1 atom stereocenters. The minimum absolute atomic E-state index is 0.177. The van der Waals surface area contributed by atoms with E-state index >= 15 is 0 Å². The molecule has 0 saturated heterocycles. The molecule has 7 nitrogen and oxygen atoms in total. The van der Waals surface area contributed by atoms with Crippen molar-refractivity contribution in [3.05, 3.63) is 78.1 Å². The molecule has 2 aromatic carbocycles. The van der Waals surface area contributed by atoms with E-state index in [2.05, 4.69) is 10.3 Å². The first-order valence-electron chi connectivity index (χ1n) is 8.86. The Balaban J connectivity index is 1.62. The van der Waals surface area contributed by atoms with Gasteiger partial charge in [-0.25, -0.2) is 9.37 Å². The molecule has 1 aliphatic heterocycles. The van der Waals surface area contributed by atoms with Crippen molar-refractivity contribution < 1.29 is 18.7 Å². The molecule has 0 fully saturated rings. The summed E-state index contributed by atoms with van der Waals surface area (Å²) in [7, 11) is 0. The highest BCUT2D eigenvalue weighted by Crippen LogP contribution is 2.37. The number of fused-ring (bicyclic) bond motifs is 1. The summed E-state index contributed by atoms with van der Waals surface area (Å²) in [5.41, 5.74) is 6.83. The summed E-state index contributed by atoms with van der Waals surface area (Å²) in [6.45, 7) is -0.299. The maximum Gasteiger partial charge on any atom is 0.274 e. The van der Waals surface area contributed by atoms with Gasteiger partial charge in [0.2, 0.25) is 12.0 Å². The number of nitrogen functional groups attached to an aromatic ring is 1. The highest BCUT2D eigenvalue weighted by Gasteiger charge is 2.37. The van der Waals surface area contributed by atoms with Crippen LogP contribution in [0, 0.1) is 5.82 Å². The van der Waals surface area contributed by atoms with Gasteiger partial charge in [0.25, 0.3) is 5.91 Å². The number of nitrogens with one attached hydrogen (secondary N) is 1. The summed E-state index contributed by atoms with van der Waals surface area (Å²) < 4.78 is 18.9. The molecule has 0 radical (unpaired) electrons. The molecule has 4 rings (SSSR count). The van der Waals surface area contributed by atoms with E-state index < -0.39 is 23.7 Å². The van der Waals surface area contributed by atoms with Crippen LogP contribution in [-0.4, -0.2) is 23.3 Å². The zero-order chi connectivity index (χ0) is 20.4. The van der Waals surface area contributed by atoms with E-state index in [1.165, 1.54) is 29.2 Å². The van der Waals surface area contributed by atoms with E-state index in [0.717, 1.165) is 0 Å². The Labute approximate surface area is 165 Å². The van der Waals surface area contributed by atoms with Gasteiger partial charge in [0.1, 0.15) is 18.2 Å². The second kappa shape index (κ2) is 7.59. The Hall–Kier alpha value is -3.94. The summed E-state index contributed by atoms with van der Waals surface area (Å²) in [5, 5.41) is 2.64. The highest BCUT2D eigenvalue weighted by molar-refractivity contribution is 6.06. The Morgan fingerprint density at radius 1 is 1.10 bits per heavy atom. The Morgan fingerprint density at radius 3 is 2.55 bits per heavy atom. The third kappa shape index (κ3) is 3.86. The SMILES string of the molecule is Nc1ccc2c(n1)N(CC(=O)Nc1ccc(F)cc1)C(=O)C(c1ccccc1)O2. The normalized spacial score (nSPS) is 15.4. The third-order valence-electron chi connectivity index (χ3n) is 4.38. The Kier molecular flexibility index (Phi) is 4.82. The second-order valence-electron chi connectivity index (χ2n) is 6.45. The van der Waals surface area contributed by atoms with E-state index in [0.29, 0.717) is 17.0 Å². The van der Waals surface area contributed by atoms with E-state index in [1.54, 1.807) is 36.4 Å². The average Bonchev–Trinajstić information content (AvgIpc) is 2.72. The van der Waals surface area contributed by atoms with Gasteiger partial charge in [-0.2, -0.15) is 0 Å². The number of anilines is 3. The van der Waals surface area contributed by atoms with Crippen LogP contribution in [0.2, 0.25) is 0 Å². The van der Waals surface area contributed by atoms with Gasteiger partial charge in [0.05, 0.1) is 0 Å². The van der Waals surface area contributed by atoms with Gasteiger partial charge in [-0.15, -0.1) is 0 Å². The van der Waals surface area contributed by atoms with Crippen molar-refractivity contribution in [2.24, 2.45) is 0 Å². The first-order chi connectivity index (χ1) is 14.0. The molecule has 146 valence electrons. The molecule has 2 heterocycles. The summed E-state index contributed by atoms with van der Waals surface area (Å²) in [4.78, 5) is 31.1. The van der Waals surface area contributed by atoms with Crippen LogP contribution in [0.4, 0.5) is 21.7 Å². The molecule has 0 bridgehead atoms.